The number of carbonyl (C=O) groups excluding carboxylic acids is 1. The average Bonchev–Trinajstić information content (AvgIpc) is 2.83. The largest absolute Gasteiger partial charge is 0.468 e. The Morgan fingerprint density at radius 3 is 2.86 bits per heavy atom. The maximum absolute atomic E-state index is 11.5. The van der Waals surface area contributed by atoms with Crippen molar-refractivity contribution in [1.29, 1.82) is 0 Å². The number of furan rings is 1. The summed E-state index contributed by atoms with van der Waals surface area (Å²) in [6.45, 7) is 2.15. The van der Waals surface area contributed by atoms with E-state index in [2.05, 4.69) is 0 Å². The minimum atomic E-state index is -0.322. The Morgan fingerprint density at radius 2 is 2.36 bits per heavy atom. The average molecular weight is 194 g/mol. The summed E-state index contributed by atoms with van der Waals surface area (Å²) in [5, 5.41) is 0. The van der Waals surface area contributed by atoms with E-state index in [-0.39, 0.29) is 11.2 Å². The Morgan fingerprint density at radius 1 is 1.64 bits per heavy atom. The van der Waals surface area contributed by atoms with Crippen molar-refractivity contribution in [3.63, 3.8) is 0 Å². The molecule has 0 aromatic carbocycles. The summed E-state index contributed by atoms with van der Waals surface area (Å²) < 4.78 is 10.5. The zero-order chi connectivity index (χ0) is 10.2. The van der Waals surface area contributed by atoms with Gasteiger partial charge in [0.1, 0.15) is 11.5 Å². The van der Waals surface area contributed by atoms with Gasteiger partial charge in [0.2, 0.25) is 0 Å². The summed E-state index contributed by atoms with van der Waals surface area (Å²) in [6.07, 6.45) is 3.45. The lowest BCUT2D eigenvalue weighted by Crippen LogP contribution is -2.17. The molecule has 1 aromatic rings. The zero-order valence-electron chi connectivity index (χ0n) is 8.50. The molecule has 1 heterocycles. The maximum Gasteiger partial charge on any atom is 0.143 e. The Bertz CT molecular complexity index is 347. The molecule has 0 spiro atoms. The highest BCUT2D eigenvalue weighted by molar-refractivity contribution is 5.90. The number of rotatable bonds is 4. The SMILES string of the molecule is COCc1ccoc1C1(C(C)=O)CC1. The lowest BCUT2D eigenvalue weighted by molar-refractivity contribution is -0.119. The first-order valence-electron chi connectivity index (χ1n) is 4.77. The van der Waals surface area contributed by atoms with Crippen LogP contribution in [0.15, 0.2) is 16.7 Å². The van der Waals surface area contributed by atoms with E-state index in [1.54, 1.807) is 20.3 Å². The van der Waals surface area contributed by atoms with Crippen molar-refractivity contribution in [1.82, 2.24) is 0 Å². The van der Waals surface area contributed by atoms with Crippen LogP contribution in [0.1, 0.15) is 31.1 Å². The first-order chi connectivity index (χ1) is 6.70. The normalized spacial score (nSPS) is 18.1. The number of hydrogen-bond donors (Lipinski definition) is 0. The van der Waals surface area contributed by atoms with Crippen molar-refractivity contribution in [2.75, 3.05) is 7.11 Å². The van der Waals surface area contributed by atoms with Gasteiger partial charge in [-0.2, -0.15) is 0 Å². The molecule has 2 rings (SSSR count). The Balaban J connectivity index is 2.32. The molecule has 3 heteroatoms. The van der Waals surface area contributed by atoms with Crippen LogP contribution in [0.25, 0.3) is 0 Å². The van der Waals surface area contributed by atoms with E-state index in [1.165, 1.54) is 0 Å². The minimum Gasteiger partial charge on any atom is -0.468 e. The van der Waals surface area contributed by atoms with E-state index in [1.807, 2.05) is 6.07 Å². The first-order valence-corrected chi connectivity index (χ1v) is 4.77. The van der Waals surface area contributed by atoms with E-state index < -0.39 is 0 Å². The van der Waals surface area contributed by atoms with Gasteiger partial charge in [0.05, 0.1) is 18.3 Å². The predicted molar refractivity (Wildman–Crippen MR) is 51.0 cm³/mol. The van der Waals surface area contributed by atoms with Crippen LogP contribution in [0.5, 0.6) is 0 Å². The standard InChI is InChI=1S/C11H14O3/c1-8(12)11(4-5-11)10-9(7-13-2)3-6-14-10/h3,6H,4-5,7H2,1-2H3. The van der Waals surface area contributed by atoms with Crippen molar-refractivity contribution in [3.8, 4) is 0 Å². The molecule has 1 aliphatic carbocycles. The summed E-state index contributed by atoms with van der Waals surface area (Å²) in [6, 6.07) is 1.88. The quantitative estimate of drug-likeness (QED) is 0.736. The topological polar surface area (TPSA) is 39.4 Å². The number of ketones is 1. The van der Waals surface area contributed by atoms with Crippen molar-refractivity contribution >= 4 is 5.78 Å². The molecule has 1 fully saturated rings. The molecule has 0 atom stereocenters. The lowest BCUT2D eigenvalue weighted by Gasteiger charge is -2.10. The van der Waals surface area contributed by atoms with Gasteiger partial charge in [-0.1, -0.05) is 0 Å². The molecule has 0 unspecified atom stereocenters. The van der Waals surface area contributed by atoms with E-state index in [0.29, 0.717) is 6.61 Å². The van der Waals surface area contributed by atoms with Crippen LogP contribution in [0.2, 0.25) is 0 Å². The molecule has 0 bridgehead atoms. The minimum absolute atomic E-state index is 0.199. The number of hydrogen-bond acceptors (Lipinski definition) is 3. The molecule has 1 aromatic heterocycles. The second-order valence-corrected chi connectivity index (χ2v) is 3.85. The molecule has 0 aliphatic heterocycles. The fourth-order valence-electron chi connectivity index (χ4n) is 1.89. The summed E-state index contributed by atoms with van der Waals surface area (Å²) in [7, 11) is 1.64. The monoisotopic (exact) mass is 194 g/mol. The molecular formula is C11H14O3. The molecular weight excluding hydrogens is 180 g/mol. The second kappa shape index (κ2) is 3.24. The summed E-state index contributed by atoms with van der Waals surface area (Å²) in [5.74, 6) is 1.01. The third-order valence-corrected chi connectivity index (χ3v) is 2.91. The van der Waals surface area contributed by atoms with Crippen LogP contribution in [0.3, 0.4) is 0 Å². The van der Waals surface area contributed by atoms with E-state index in [4.69, 9.17) is 9.15 Å². The van der Waals surface area contributed by atoms with Crippen molar-refractivity contribution < 1.29 is 13.9 Å². The molecule has 3 nitrogen and oxygen atoms in total. The number of ether oxygens (including phenoxy) is 1. The molecule has 14 heavy (non-hydrogen) atoms. The van der Waals surface area contributed by atoms with E-state index in [9.17, 15) is 4.79 Å². The second-order valence-electron chi connectivity index (χ2n) is 3.85. The van der Waals surface area contributed by atoms with Gasteiger partial charge in [-0.05, 0) is 25.8 Å². The van der Waals surface area contributed by atoms with E-state index in [0.717, 1.165) is 24.2 Å². The van der Waals surface area contributed by atoms with Crippen LogP contribution in [-0.4, -0.2) is 12.9 Å². The molecule has 1 saturated carbocycles. The summed E-state index contributed by atoms with van der Waals surface area (Å²) in [4.78, 5) is 11.5. The molecule has 1 aliphatic rings. The van der Waals surface area contributed by atoms with Gasteiger partial charge in [0.15, 0.2) is 0 Å². The molecule has 0 amide bonds. The van der Waals surface area contributed by atoms with Crippen molar-refractivity contribution in [2.24, 2.45) is 0 Å². The van der Waals surface area contributed by atoms with Crippen molar-refractivity contribution in [3.05, 3.63) is 23.7 Å². The third kappa shape index (κ3) is 1.28. The van der Waals surface area contributed by atoms with Crippen LogP contribution in [-0.2, 0) is 21.6 Å². The van der Waals surface area contributed by atoms with Gasteiger partial charge in [0, 0.05) is 12.7 Å². The highest BCUT2D eigenvalue weighted by Crippen LogP contribution is 2.50. The van der Waals surface area contributed by atoms with E-state index >= 15 is 0 Å². The summed E-state index contributed by atoms with van der Waals surface area (Å²) >= 11 is 0. The predicted octanol–water partition coefficient (Wildman–Crippen LogP) is 2.05. The van der Waals surface area contributed by atoms with Gasteiger partial charge < -0.3 is 9.15 Å². The number of Topliss-reactive ketones (excluding diaryl/α,β-unsaturated/α-hetero) is 1. The van der Waals surface area contributed by atoms with Crippen LogP contribution in [0.4, 0.5) is 0 Å². The zero-order valence-corrected chi connectivity index (χ0v) is 8.50. The fourth-order valence-corrected chi connectivity index (χ4v) is 1.89. The first kappa shape index (κ1) is 9.46. The number of methoxy groups -OCH3 is 1. The Kier molecular flexibility index (Phi) is 2.19. The van der Waals surface area contributed by atoms with Crippen LogP contribution >= 0.6 is 0 Å². The van der Waals surface area contributed by atoms with Gasteiger partial charge in [-0.15, -0.1) is 0 Å². The fraction of sp³-hybridized carbons (Fsp3) is 0.545. The molecule has 0 saturated heterocycles. The highest BCUT2D eigenvalue weighted by atomic mass is 16.5. The van der Waals surface area contributed by atoms with Crippen molar-refractivity contribution in [2.45, 2.75) is 31.8 Å². The molecule has 76 valence electrons. The van der Waals surface area contributed by atoms with Gasteiger partial charge in [-0.25, -0.2) is 0 Å². The smallest absolute Gasteiger partial charge is 0.143 e. The third-order valence-electron chi connectivity index (χ3n) is 2.91. The van der Waals surface area contributed by atoms with Gasteiger partial charge in [-0.3, -0.25) is 4.79 Å². The lowest BCUT2D eigenvalue weighted by atomic mass is 9.96. The maximum atomic E-state index is 11.5. The summed E-state index contributed by atoms with van der Waals surface area (Å²) in [5.41, 5.74) is 0.678. The molecule has 0 N–H and O–H groups in total. The van der Waals surface area contributed by atoms with Gasteiger partial charge in [0.25, 0.3) is 0 Å². The Hall–Kier alpha value is -1.09. The highest BCUT2D eigenvalue weighted by Gasteiger charge is 2.52. The van der Waals surface area contributed by atoms with Gasteiger partial charge >= 0.3 is 0 Å². The number of carbonyl (C=O) groups is 1. The van der Waals surface area contributed by atoms with Crippen LogP contribution < -0.4 is 0 Å². The molecule has 0 radical (unpaired) electrons. The van der Waals surface area contributed by atoms with Crippen LogP contribution in [0, 0.1) is 0 Å². The Labute approximate surface area is 83.0 Å².